The highest BCUT2D eigenvalue weighted by Gasteiger charge is 2.20. The van der Waals surface area contributed by atoms with Crippen LogP contribution in [-0.2, 0) is 0 Å². The van der Waals surface area contributed by atoms with E-state index in [1.54, 1.807) is 13.3 Å². The van der Waals surface area contributed by atoms with Gasteiger partial charge in [0.1, 0.15) is 11.6 Å². The number of piperazine rings is 1. The number of rotatable bonds is 4. The predicted octanol–water partition coefficient (Wildman–Crippen LogP) is 2.58. The molecule has 0 saturated carbocycles. The molecule has 0 spiro atoms. The molecular weight excluding hydrogens is 340 g/mol. The third kappa shape index (κ3) is 3.81. The van der Waals surface area contributed by atoms with Gasteiger partial charge < -0.3 is 14.5 Å². The van der Waals surface area contributed by atoms with E-state index in [0.29, 0.717) is 5.95 Å². The molecule has 0 bridgehead atoms. The van der Waals surface area contributed by atoms with E-state index in [9.17, 15) is 0 Å². The average Bonchev–Trinajstić information content (AvgIpc) is 2.74. The van der Waals surface area contributed by atoms with Crippen molar-refractivity contribution in [2.45, 2.75) is 6.92 Å². The number of methoxy groups -OCH3 is 1. The first-order valence-corrected chi connectivity index (χ1v) is 9.00. The van der Waals surface area contributed by atoms with Crippen molar-refractivity contribution < 1.29 is 4.74 Å². The van der Waals surface area contributed by atoms with Crippen molar-refractivity contribution in [3.05, 3.63) is 54.4 Å². The van der Waals surface area contributed by atoms with Gasteiger partial charge in [-0.2, -0.15) is 5.10 Å². The highest BCUT2D eigenvalue weighted by atomic mass is 16.5. The maximum Gasteiger partial charge on any atom is 0.246 e. The van der Waals surface area contributed by atoms with Crippen LogP contribution in [0.15, 0.2) is 48.7 Å². The van der Waals surface area contributed by atoms with Crippen molar-refractivity contribution in [1.82, 2.24) is 20.2 Å². The molecule has 3 aromatic rings. The predicted molar refractivity (Wildman–Crippen MR) is 105 cm³/mol. The number of hydrogen-bond acceptors (Lipinski definition) is 7. The highest BCUT2D eigenvalue weighted by Crippen LogP contribution is 2.22. The van der Waals surface area contributed by atoms with E-state index in [1.807, 2.05) is 37.3 Å². The normalized spacial score (nSPS) is 14.3. The molecule has 1 aliphatic heterocycles. The van der Waals surface area contributed by atoms with E-state index < -0.39 is 0 Å². The van der Waals surface area contributed by atoms with E-state index in [4.69, 9.17) is 9.72 Å². The van der Waals surface area contributed by atoms with Crippen LogP contribution in [0.25, 0.3) is 11.3 Å². The summed E-state index contributed by atoms with van der Waals surface area (Å²) in [5.74, 6) is 2.52. The topological polar surface area (TPSA) is 67.3 Å². The molecule has 0 amide bonds. The Morgan fingerprint density at radius 2 is 1.63 bits per heavy atom. The summed E-state index contributed by atoms with van der Waals surface area (Å²) in [7, 11) is 1.66. The van der Waals surface area contributed by atoms with Gasteiger partial charge in [-0.05, 0) is 43.3 Å². The SMILES string of the molecule is COc1ccc(-c2cnnc(N3CCN(c4cccc(C)n4)CC3)n2)cc1. The van der Waals surface area contributed by atoms with Gasteiger partial charge in [0.25, 0.3) is 0 Å². The fourth-order valence-corrected chi connectivity index (χ4v) is 3.17. The minimum absolute atomic E-state index is 0.667. The standard InChI is InChI=1S/C20H22N6O/c1-15-4-3-5-19(22-15)25-10-12-26(13-11-25)20-23-18(14-21-24-20)16-6-8-17(27-2)9-7-16/h3-9,14H,10-13H2,1-2H3. The number of hydrogen-bond donors (Lipinski definition) is 0. The molecule has 138 valence electrons. The van der Waals surface area contributed by atoms with E-state index in [0.717, 1.165) is 54.7 Å². The minimum Gasteiger partial charge on any atom is -0.497 e. The van der Waals surface area contributed by atoms with Crippen molar-refractivity contribution >= 4 is 11.8 Å². The molecule has 1 saturated heterocycles. The third-order valence-electron chi connectivity index (χ3n) is 4.69. The van der Waals surface area contributed by atoms with Crippen molar-refractivity contribution in [3.8, 4) is 17.0 Å². The van der Waals surface area contributed by atoms with Gasteiger partial charge in [0.05, 0.1) is 19.0 Å². The van der Waals surface area contributed by atoms with Crippen LogP contribution in [0.2, 0.25) is 0 Å². The van der Waals surface area contributed by atoms with Gasteiger partial charge in [-0.25, -0.2) is 9.97 Å². The molecule has 1 aromatic carbocycles. The summed E-state index contributed by atoms with van der Waals surface area (Å²) in [6.07, 6.45) is 1.69. The van der Waals surface area contributed by atoms with Crippen LogP contribution in [0.1, 0.15) is 5.69 Å². The van der Waals surface area contributed by atoms with E-state index in [-0.39, 0.29) is 0 Å². The molecule has 2 aromatic heterocycles. The maximum absolute atomic E-state index is 5.21. The summed E-state index contributed by atoms with van der Waals surface area (Å²) in [5.41, 5.74) is 2.84. The number of aromatic nitrogens is 4. The zero-order chi connectivity index (χ0) is 18.6. The van der Waals surface area contributed by atoms with Crippen molar-refractivity contribution in [2.75, 3.05) is 43.1 Å². The fourth-order valence-electron chi connectivity index (χ4n) is 3.17. The van der Waals surface area contributed by atoms with Crippen LogP contribution in [0, 0.1) is 6.92 Å². The van der Waals surface area contributed by atoms with Crippen molar-refractivity contribution in [3.63, 3.8) is 0 Å². The Balaban J connectivity index is 1.47. The first-order valence-electron chi connectivity index (χ1n) is 9.00. The van der Waals surface area contributed by atoms with Crippen LogP contribution in [0.3, 0.4) is 0 Å². The molecule has 1 fully saturated rings. The van der Waals surface area contributed by atoms with Crippen molar-refractivity contribution in [1.29, 1.82) is 0 Å². The summed E-state index contributed by atoms with van der Waals surface area (Å²) >= 11 is 0. The number of anilines is 2. The molecule has 0 atom stereocenters. The minimum atomic E-state index is 0.667. The molecule has 27 heavy (non-hydrogen) atoms. The zero-order valence-electron chi connectivity index (χ0n) is 15.5. The first-order chi connectivity index (χ1) is 13.2. The second-order valence-corrected chi connectivity index (χ2v) is 6.48. The lowest BCUT2D eigenvalue weighted by atomic mass is 10.1. The molecule has 0 radical (unpaired) electrons. The van der Waals surface area contributed by atoms with Crippen LogP contribution < -0.4 is 14.5 Å². The van der Waals surface area contributed by atoms with Gasteiger partial charge in [-0.3, -0.25) is 0 Å². The third-order valence-corrected chi connectivity index (χ3v) is 4.69. The van der Waals surface area contributed by atoms with Crippen LogP contribution in [0.5, 0.6) is 5.75 Å². The quantitative estimate of drug-likeness (QED) is 0.706. The largest absolute Gasteiger partial charge is 0.497 e. The van der Waals surface area contributed by atoms with Gasteiger partial charge in [-0.15, -0.1) is 5.10 Å². The number of aryl methyl sites for hydroxylation is 1. The number of pyridine rings is 1. The maximum atomic E-state index is 5.21. The zero-order valence-corrected chi connectivity index (χ0v) is 15.5. The lowest BCUT2D eigenvalue weighted by Crippen LogP contribution is -2.47. The van der Waals surface area contributed by atoms with E-state index in [1.165, 1.54) is 0 Å². The molecule has 0 N–H and O–H groups in total. The Morgan fingerprint density at radius 3 is 2.33 bits per heavy atom. The number of ether oxygens (including phenoxy) is 1. The molecule has 1 aliphatic rings. The van der Waals surface area contributed by atoms with Gasteiger partial charge in [-0.1, -0.05) is 6.07 Å². The first kappa shape index (κ1) is 17.2. The second-order valence-electron chi connectivity index (χ2n) is 6.48. The monoisotopic (exact) mass is 362 g/mol. The Kier molecular flexibility index (Phi) is 4.82. The summed E-state index contributed by atoms with van der Waals surface area (Å²) in [4.78, 5) is 13.8. The molecule has 0 unspecified atom stereocenters. The van der Waals surface area contributed by atoms with Gasteiger partial charge in [0.15, 0.2) is 0 Å². The molecule has 3 heterocycles. The summed E-state index contributed by atoms with van der Waals surface area (Å²) < 4.78 is 5.21. The highest BCUT2D eigenvalue weighted by molar-refractivity contribution is 5.60. The lowest BCUT2D eigenvalue weighted by Gasteiger charge is -2.35. The van der Waals surface area contributed by atoms with Crippen LogP contribution in [-0.4, -0.2) is 53.5 Å². The second kappa shape index (κ2) is 7.57. The Hall–Kier alpha value is -3.22. The number of benzene rings is 1. The molecule has 0 aliphatic carbocycles. The smallest absolute Gasteiger partial charge is 0.246 e. The summed E-state index contributed by atoms with van der Waals surface area (Å²) in [6, 6.07) is 13.9. The Bertz CT molecular complexity index is 906. The lowest BCUT2D eigenvalue weighted by molar-refractivity contribution is 0.415. The Morgan fingerprint density at radius 1 is 0.889 bits per heavy atom. The van der Waals surface area contributed by atoms with E-state index >= 15 is 0 Å². The molecular formula is C20H22N6O. The van der Waals surface area contributed by atoms with Gasteiger partial charge in [0.2, 0.25) is 5.95 Å². The number of nitrogens with zero attached hydrogens (tertiary/aromatic N) is 6. The Labute approximate surface area is 158 Å². The van der Waals surface area contributed by atoms with Gasteiger partial charge >= 0.3 is 0 Å². The van der Waals surface area contributed by atoms with Crippen LogP contribution >= 0.6 is 0 Å². The molecule has 4 rings (SSSR count). The summed E-state index contributed by atoms with van der Waals surface area (Å²) in [6.45, 7) is 5.45. The van der Waals surface area contributed by atoms with E-state index in [2.05, 4.69) is 37.1 Å². The fraction of sp³-hybridized carbons (Fsp3) is 0.300. The van der Waals surface area contributed by atoms with Crippen LogP contribution in [0.4, 0.5) is 11.8 Å². The van der Waals surface area contributed by atoms with Crippen molar-refractivity contribution in [2.24, 2.45) is 0 Å². The molecule has 7 heteroatoms. The average molecular weight is 362 g/mol. The van der Waals surface area contributed by atoms with Gasteiger partial charge in [0, 0.05) is 37.4 Å². The summed E-state index contributed by atoms with van der Waals surface area (Å²) in [5, 5.41) is 8.40. The molecule has 7 nitrogen and oxygen atoms in total.